The first-order valence-electron chi connectivity index (χ1n) is 6.13. The summed E-state index contributed by atoms with van der Waals surface area (Å²) in [4.78, 5) is 1.14. The molecule has 0 fully saturated rings. The Balaban J connectivity index is 2.32. The fraction of sp³-hybridized carbons (Fsp3) is 0.333. The molecule has 0 unspecified atom stereocenters. The summed E-state index contributed by atoms with van der Waals surface area (Å²) in [5, 5.41) is 14.7. The second-order valence-corrected chi connectivity index (χ2v) is 5.53. The van der Waals surface area contributed by atoms with Crippen molar-refractivity contribution >= 4 is 34.8 Å². The van der Waals surface area contributed by atoms with Crippen molar-refractivity contribution in [3.8, 4) is 11.5 Å². The molecule has 1 aromatic heterocycles. The van der Waals surface area contributed by atoms with Crippen LogP contribution in [0.25, 0.3) is 0 Å². The third-order valence-electron chi connectivity index (χ3n) is 2.40. The lowest BCUT2D eigenvalue weighted by atomic mass is 10.2. The van der Waals surface area contributed by atoms with Crippen LogP contribution < -0.4 is 15.2 Å². The van der Waals surface area contributed by atoms with Crippen LogP contribution in [0.3, 0.4) is 0 Å². The number of benzene rings is 1. The average molecular weight is 402 g/mol. The highest BCUT2D eigenvalue weighted by atomic mass is 127. The van der Waals surface area contributed by atoms with Gasteiger partial charge < -0.3 is 15.2 Å². The highest BCUT2D eigenvalue weighted by molar-refractivity contribution is 14.1. The minimum Gasteiger partial charge on any atom is -0.493 e. The number of aromatic nitrogens is 4. The molecule has 21 heavy (non-hydrogen) atoms. The Morgan fingerprint density at radius 1 is 1.43 bits per heavy atom. The van der Waals surface area contributed by atoms with E-state index in [1.54, 1.807) is 13.3 Å². The van der Waals surface area contributed by atoms with E-state index in [1.807, 2.05) is 26.0 Å². The molecular formula is C12H15IN6O2. The zero-order valence-electron chi connectivity index (χ0n) is 11.8. The fourth-order valence-electron chi connectivity index (χ4n) is 1.56. The van der Waals surface area contributed by atoms with Crippen LogP contribution in [0.4, 0.5) is 5.95 Å². The van der Waals surface area contributed by atoms with E-state index < -0.39 is 0 Å². The van der Waals surface area contributed by atoms with Gasteiger partial charge in [-0.05, 0) is 64.6 Å². The van der Waals surface area contributed by atoms with Crippen molar-refractivity contribution in [3.05, 3.63) is 21.3 Å². The summed E-state index contributed by atoms with van der Waals surface area (Å²) < 4.78 is 12.0. The van der Waals surface area contributed by atoms with Crippen molar-refractivity contribution < 1.29 is 9.47 Å². The number of ether oxygens (including phenoxy) is 2. The number of halogens is 1. The van der Waals surface area contributed by atoms with Crippen LogP contribution >= 0.6 is 22.6 Å². The summed E-state index contributed by atoms with van der Waals surface area (Å²) in [6.07, 6.45) is 1.66. The fourth-order valence-corrected chi connectivity index (χ4v) is 2.31. The summed E-state index contributed by atoms with van der Waals surface area (Å²) in [5.74, 6) is 1.47. The van der Waals surface area contributed by atoms with Crippen LogP contribution in [-0.2, 0) is 0 Å². The molecule has 0 atom stereocenters. The normalized spacial score (nSPS) is 11.3. The summed E-state index contributed by atoms with van der Waals surface area (Å²) in [7, 11) is 1.60. The predicted molar refractivity (Wildman–Crippen MR) is 86.7 cm³/mol. The Morgan fingerprint density at radius 2 is 2.19 bits per heavy atom. The summed E-state index contributed by atoms with van der Waals surface area (Å²) in [6.45, 7) is 3.93. The van der Waals surface area contributed by atoms with Crippen molar-refractivity contribution in [3.63, 3.8) is 0 Å². The molecule has 0 amide bonds. The number of hydrogen-bond acceptors (Lipinski definition) is 7. The Kier molecular flexibility index (Phi) is 4.94. The lowest BCUT2D eigenvalue weighted by molar-refractivity contribution is 0.228. The quantitative estimate of drug-likeness (QED) is 0.602. The number of nitrogen functional groups attached to an aromatic ring is 1. The van der Waals surface area contributed by atoms with Crippen LogP contribution in [0.1, 0.15) is 19.4 Å². The second kappa shape index (κ2) is 6.70. The maximum atomic E-state index is 5.76. The molecule has 2 N–H and O–H groups in total. The Labute approximate surface area is 135 Å². The molecule has 0 saturated carbocycles. The third-order valence-corrected chi connectivity index (χ3v) is 3.20. The largest absolute Gasteiger partial charge is 0.493 e. The van der Waals surface area contributed by atoms with Gasteiger partial charge in [-0.15, -0.1) is 0 Å². The minimum absolute atomic E-state index is 0.0629. The van der Waals surface area contributed by atoms with Crippen molar-refractivity contribution in [2.24, 2.45) is 5.10 Å². The van der Waals surface area contributed by atoms with Gasteiger partial charge in [0.2, 0.25) is 0 Å². The number of nitrogens with zero attached hydrogens (tertiary/aromatic N) is 5. The molecule has 2 rings (SSSR count). The molecule has 2 aromatic rings. The van der Waals surface area contributed by atoms with E-state index in [2.05, 4.69) is 43.2 Å². The van der Waals surface area contributed by atoms with E-state index in [9.17, 15) is 0 Å². The van der Waals surface area contributed by atoms with E-state index >= 15 is 0 Å². The molecule has 112 valence electrons. The number of anilines is 1. The molecule has 0 spiro atoms. The first kappa shape index (κ1) is 15.5. The topological polar surface area (TPSA) is 100 Å². The van der Waals surface area contributed by atoms with Crippen LogP contribution in [0.5, 0.6) is 11.5 Å². The first-order chi connectivity index (χ1) is 10.0. The summed E-state index contributed by atoms with van der Waals surface area (Å²) >= 11 is 2.19. The molecule has 0 aliphatic rings. The van der Waals surface area contributed by atoms with Gasteiger partial charge in [-0.2, -0.15) is 5.10 Å². The molecule has 1 aromatic carbocycles. The van der Waals surface area contributed by atoms with E-state index in [4.69, 9.17) is 15.2 Å². The van der Waals surface area contributed by atoms with Gasteiger partial charge in [0, 0.05) is 0 Å². The van der Waals surface area contributed by atoms with Gasteiger partial charge in [0.1, 0.15) is 0 Å². The van der Waals surface area contributed by atoms with E-state index in [0.717, 1.165) is 13.9 Å². The first-order valence-corrected chi connectivity index (χ1v) is 7.21. The van der Waals surface area contributed by atoms with Gasteiger partial charge >= 0.3 is 0 Å². The molecule has 0 radical (unpaired) electrons. The van der Waals surface area contributed by atoms with Gasteiger partial charge in [0.25, 0.3) is 5.95 Å². The van der Waals surface area contributed by atoms with Crippen LogP contribution in [0, 0.1) is 3.57 Å². The predicted octanol–water partition coefficient (Wildman–Crippen LogP) is 1.54. The molecule has 9 heteroatoms. The van der Waals surface area contributed by atoms with Crippen molar-refractivity contribution in [1.82, 2.24) is 20.3 Å². The standard InChI is InChI=1S/C12H15IN6O2/c1-7(2)21-11-9(13)4-8(5-10(11)20-3)6-15-19-12(14)16-17-18-19/h4-7H,1-3H3,(H2,14,16,18). The summed E-state index contributed by atoms with van der Waals surface area (Å²) in [5.41, 5.74) is 6.36. The van der Waals surface area contributed by atoms with Gasteiger partial charge in [-0.25, -0.2) is 0 Å². The monoisotopic (exact) mass is 402 g/mol. The maximum Gasteiger partial charge on any atom is 0.263 e. The van der Waals surface area contributed by atoms with Gasteiger partial charge in [0.15, 0.2) is 11.5 Å². The molecule has 1 heterocycles. The SMILES string of the molecule is COc1cc(C=Nn2nnnc2N)cc(I)c1OC(C)C. The van der Waals surface area contributed by atoms with Crippen molar-refractivity contribution in [2.75, 3.05) is 12.8 Å². The summed E-state index contributed by atoms with van der Waals surface area (Å²) in [6, 6.07) is 3.74. The molecule has 0 aliphatic heterocycles. The number of methoxy groups -OCH3 is 1. The lowest BCUT2D eigenvalue weighted by Crippen LogP contribution is -2.08. The molecule has 0 bridgehead atoms. The minimum atomic E-state index is 0.0629. The Hall–Kier alpha value is -1.91. The van der Waals surface area contributed by atoms with Gasteiger partial charge in [0.05, 0.1) is 23.0 Å². The second-order valence-electron chi connectivity index (χ2n) is 4.37. The zero-order valence-corrected chi connectivity index (χ0v) is 14.0. The molecule has 0 aliphatic carbocycles. The Morgan fingerprint density at radius 3 is 2.76 bits per heavy atom. The molecule has 8 nitrogen and oxygen atoms in total. The highest BCUT2D eigenvalue weighted by Crippen LogP contribution is 2.34. The number of hydrogen-bond donors (Lipinski definition) is 1. The molecule has 0 saturated heterocycles. The van der Waals surface area contributed by atoms with Crippen molar-refractivity contribution in [2.45, 2.75) is 20.0 Å². The van der Waals surface area contributed by atoms with Gasteiger partial charge in [-0.1, -0.05) is 9.89 Å². The number of tetrazole rings is 1. The van der Waals surface area contributed by atoms with Gasteiger partial charge in [-0.3, -0.25) is 0 Å². The third kappa shape index (κ3) is 3.80. The van der Waals surface area contributed by atoms with E-state index in [0.29, 0.717) is 11.5 Å². The Bertz CT molecular complexity index is 655. The van der Waals surface area contributed by atoms with E-state index in [-0.39, 0.29) is 12.1 Å². The average Bonchev–Trinajstić information content (AvgIpc) is 2.84. The van der Waals surface area contributed by atoms with Crippen LogP contribution in [0.2, 0.25) is 0 Å². The van der Waals surface area contributed by atoms with Crippen LogP contribution in [0.15, 0.2) is 17.2 Å². The molecular weight excluding hydrogens is 387 g/mol. The number of nitrogens with two attached hydrogens (primary N) is 1. The van der Waals surface area contributed by atoms with E-state index in [1.165, 1.54) is 0 Å². The number of rotatable bonds is 5. The van der Waals surface area contributed by atoms with Crippen molar-refractivity contribution in [1.29, 1.82) is 0 Å². The van der Waals surface area contributed by atoms with Crippen LogP contribution in [-0.4, -0.2) is 39.7 Å². The maximum absolute atomic E-state index is 5.76. The zero-order chi connectivity index (χ0) is 15.4. The lowest BCUT2D eigenvalue weighted by Gasteiger charge is -2.15. The highest BCUT2D eigenvalue weighted by Gasteiger charge is 2.12. The smallest absolute Gasteiger partial charge is 0.263 e.